The zero-order chi connectivity index (χ0) is 15.0. The normalized spacial score (nSPS) is 10.5. The van der Waals surface area contributed by atoms with Crippen molar-refractivity contribution >= 4 is 40.0 Å². The number of hydrogen-bond donors (Lipinski definition) is 1. The third kappa shape index (κ3) is 2.35. The Bertz CT molecular complexity index is 884. The number of furan rings is 1. The van der Waals surface area contributed by atoms with Crippen molar-refractivity contribution < 1.29 is 9.15 Å². The fraction of sp³-hybridized carbons (Fsp3) is 0. The summed E-state index contributed by atoms with van der Waals surface area (Å²) in [5.74, 6) is 0.413. The van der Waals surface area contributed by atoms with Crippen LogP contribution in [0.25, 0.3) is 11.0 Å². The van der Waals surface area contributed by atoms with Crippen molar-refractivity contribution in [3.8, 4) is 17.7 Å². The van der Waals surface area contributed by atoms with E-state index in [9.17, 15) is 0 Å². The summed E-state index contributed by atoms with van der Waals surface area (Å²) in [5, 5.41) is 10.2. The van der Waals surface area contributed by atoms with E-state index in [2.05, 4.69) is 4.98 Å². The summed E-state index contributed by atoms with van der Waals surface area (Å²) in [4.78, 5) is 3.97. The molecule has 3 rings (SSSR count). The molecular formula is C14H7Cl2N3O2. The number of fused-ring (bicyclic) bond motifs is 1. The Balaban J connectivity index is 2.14. The number of halogens is 2. The highest BCUT2D eigenvalue weighted by atomic mass is 35.5. The molecule has 104 valence electrons. The third-order valence-electron chi connectivity index (χ3n) is 2.77. The van der Waals surface area contributed by atoms with Crippen LogP contribution < -0.4 is 10.5 Å². The van der Waals surface area contributed by atoms with Crippen molar-refractivity contribution in [2.75, 3.05) is 5.73 Å². The fourth-order valence-corrected chi connectivity index (χ4v) is 2.23. The predicted molar refractivity (Wildman–Crippen MR) is 79.7 cm³/mol. The van der Waals surface area contributed by atoms with Crippen molar-refractivity contribution in [2.45, 2.75) is 0 Å². The van der Waals surface area contributed by atoms with Crippen LogP contribution >= 0.6 is 23.2 Å². The lowest BCUT2D eigenvalue weighted by Gasteiger charge is -2.07. The molecule has 0 aliphatic heterocycles. The molecule has 21 heavy (non-hydrogen) atoms. The molecular weight excluding hydrogens is 313 g/mol. The number of rotatable bonds is 2. The van der Waals surface area contributed by atoms with Gasteiger partial charge in [-0.1, -0.05) is 35.3 Å². The van der Waals surface area contributed by atoms with Crippen molar-refractivity contribution in [2.24, 2.45) is 0 Å². The van der Waals surface area contributed by atoms with Crippen LogP contribution in [0.2, 0.25) is 10.0 Å². The second kappa shape index (κ2) is 5.17. The van der Waals surface area contributed by atoms with Gasteiger partial charge in [0.2, 0.25) is 11.6 Å². The number of pyridine rings is 1. The van der Waals surface area contributed by atoms with Gasteiger partial charge in [-0.2, -0.15) is 10.2 Å². The Morgan fingerprint density at radius 3 is 2.76 bits per heavy atom. The maximum atomic E-state index is 9.14. The van der Waals surface area contributed by atoms with Crippen LogP contribution in [-0.2, 0) is 0 Å². The minimum atomic E-state index is 0.0302. The third-order valence-corrected chi connectivity index (χ3v) is 3.35. The SMILES string of the molecule is N#Cc1oc2ccccc2c1Oc1nc(N)c(Cl)cc1Cl. The van der Waals surface area contributed by atoms with Crippen molar-refractivity contribution in [3.05, 3.63) is 46.1 Å². The lowest BCUT2D eigenvalue weighted by Crippen LogP contribution is -1.96. The molecule has 3 aromatic rings. The van der Waals surface area contributed by atoms with Crippen LogP contribution in [-0.4, -0.2) is 4.98 Å². The van der Waals surface area contributed by atoms with Crippen molar-refractivity contribution in [3.63, 3.8) is 0 Å². The van der Waals surface area contributed by atoms with Gasteiger partial charge in [0.05, 0.1) is 10.4 Å². The maximum absolute atomic E-state index is 9.14. The maximum Gasteiger partial charge on any atom is 0.247 e. The topological polar surface area (TPSA) is 85.1 Å². The molecule has 0 amide bonds. The molecule has 0 radical (unpaired) electrons. The summed E-state index contributed by atoms with van der Waals surface area (Å²) in [7, 11) is 0. The van der Waals surface area contributed by atoms with Gasteiger partial charge in [-0.25, -0.2) is 0 Å². The van der Waals surface area contributed by atoms with E-state index < -0.39 is 0 Å². The molecule has 0 atom stereocenters. The molecule has 2 heterocycles. The van der Waals surface area contributed by atoms with Crippen LogP contribution in [0, 0.1) is 11.3 Å². The molecule has 1 aromatic carbocycles. The monoisotopic (exact) mass is 319 g/mol. The molecule has 0 spiro atoms. The molecule has 0 aliphatic carbocycles. The number of nitriles is 1. The zero-order valence-electron chi connectivity index (χ0n) is 10.4. The number of hydrogen-bond acceptors (Lipinski definition) is 5. The van der Waals surface area contributed by atoms with E-state index in [4.69, 9.17) is 43.4 Å². The number of nitrogen functional groups attached to an aromatic ring is 1. The van der Waals surface area contributed by atoms with Gasteiger partial charge >= 0.3 is 0 Å². The van der Waals surface area contributed by atoms with Gasteiger partial charge in [0.25, 0.3) is 0 Å². The average molecular weight is 320 g/mol. The first kappa shape index (κ1) is 13.6. The largest absolute Gasteiger partial charge is 0.442 e. The number of nitrogens with zero attached hydrogens (tertiary/aromatic N) is 2. The number of para-hydroxylation sites is 1. The zero-order valence-corrected chi connectivity index (χ0v) is 11.9. The second-order valence-electron chi connectivity index (χ2n) is 4.11. The van der Waals surface area contributed by atoms with E-state index in [1.807, 2.05) is 6.07 Å². The summed E-state index contributed by atoms with van der Waals surface area (Å²) in [6.45, 7) is 0. The number of anilines is 1. The van der Waals surface area contributed by atoms with Crippen molar-refractivity contribution in [1.82, 2.24) is 4.98 Å². The van der Waals surface area contributed by atoms with Crippen LogP contribution in [0.3, 0.4) is 0 Å². The number of nitrogens with two attached hydrogens (primary N) is 1. The molecule has 2 N–H and O–H groups in total. The minimum Gasteiger partial charge on any atom is -0.442 e. The van der Waals surface area contributed by atoms with Crippen LogP contribution in [0.4, 0.5) is 5.82 Å². The Kier molecular flexibility index (Phi) is 3.34. The fourth-order valence-electron chi connectivity index (χ4n) is 1.83. The molecule has 0 aliphatic rings. The highest BCUT2D eigenvalue weighted by molar-refractivity contribution is 6.36. The van der Waals surface area contributed by atoms with Crippen LogP contribution in [0.1, 0.15) is 5.76 Å². The molecule has 0 fully saturated rings. The van der Waals surface area contributed by atoms with Crippen LogP contribution in [0.5, 0.6) is 11.6 Å². The Morgan fingerprint density at radius 1 is 1.24 bits per heavy atom. The molecule has 7 heteroatoms. The van der Waals surface area contributed by atoms with Gasteiger partial charge in [0.15, 0.2) is 5.75 Å². The molecule has 5 nitrogen and oxygen atoms in total. The summed E-state index contributed by atoms with van der Waals surface area (Å²) >= 11 is 11.8. The van der Waals surface area contributed by atoms with Gasteiger partial charge in [-0.3, -0.25) is 0 Å². The minimum absolute atomic E-state index is 0.0302. The summed E-state index contributed by atoms with van der Waals surface area (Å²) < 4.78 is 11.0. The van der Waals surface area contributed by atoms with E-state index in [0.717, 1.165) is 0 Å². The lowest BCUT2D eigenvalue weighted by molar-refractivity contribution is 0.451. The second-order valence-corrected chi connectivity index (χ2v) is 4.93. The quantitative estimate of drug-likeness (QED) is 0.757. The first-order chi connectivity index (χ1) is 10.1. The average Bonchev–Trinajstić information content (AvgIpc) is 2.83. The van der Waals surface area contributed by atoms with E-state index in [-0.39, 0.29) is 33.3 Å². The summed E-state index contributed by atoms with van der Waals surface area (Å²) in [5.41, 5.74) is 6.16. The predicted octanol–water partition coefficient (Wildman–Crippen LogP) is 4.38. The summed E-state index contributed by atoms with van der Waals surface area (Å²) in [6, 6.07) is 10.4. The first-order valence-corrected chi connectivity index (χ1v) is 6.56. The van der Waals surface area contributed by atoms with E-state index in [0.29, 0.717) is 11.0 Å². The highest BCUT2D eigenvalue weighted by Gasteiger charge is 2.18. The van der Waals surface area contributed by atoms with Gasteiger partial charge < -0.3 is 14.9 Å². The first-order valence-electron chi connectivity index (χ1n) is 5.81. The molecule has 0 unspecified atom stereocenters. The van der Waals surface area contributed by atoms with Crippen molar-refractivity contribution in [1.29, 1.82) is 5.26 Å². The molecule has 0 saturated heterocycles. The lowest BCUT2D eigenvalue weighted by atomic mass is 10.2. The Morgan fingerprint density at radius 2 is 2.00 bits per heavy atom. The van der Waals surface area contributed by atoms with Gasteiger partial charge in [-0.05, 0) is 18.2 Å². The van der Waals surface area contributed by atoms with Crippen LogP contribution in [0.15, 0.2) is 34.7 Å². The van der Waals surface area contributed by atoms with Gasteiger partial charge in [-0.15, -0.1) is 0 Å². The van der Waals surface area contributed by atoms with E-state index >= 15 is 0 Å². The molecule has 2 aromatic heterocycles. The number of ether oxygens (including phenoxy) is 1. The van der Waals surface area contributed by atoms with E-state index in [1.165, 1.54) is 6.07 Å². The Labute approximate surface area is 129 Å². The number of aromatic nitrogens is 1. The summed E-state index contributed by atoms with van der Waals surface area (Å²) in [6.07, 6.45) is 0. The standard InChI is InChI=1S/C14H7Cl2N3O2/c15-8-5-9(16)14(19-13(8)18)21-12-7-3-1-2-4-10(7)20-11(12)6-17/h1-5H,(H2,18,19). The number of benzene rings is 1. The highest BCUT2D eigenvalue weighted by Crippen LogP contribution is 2.38. The Hall–Kier alpha value is -2.42. The van der Waals surface area contributed by atoms with E-state index in [1.54, 1.807) is 24.3 Å². The molecule has 0 saturated carbocycles. The van der Waals surface area contributed by atoms with Gasteiger partial charge in [0.1, 0.15) is 22.5 Å². The molecule has 0 bridgehead atoms. The smallest absolute Gasteiger partial charge is 0.247 e. The van der Waals surface area contributed by atoms with Gasteiger partial charge in [0, 0.05) is 0 Å².